The summed E-state index contributed by atoms with van der Waals surface area (Å²) in [5.74, 6) is -2.03. The van der Waals surface area contributed by atoms with Gasteiger partial charge >= 0.3 is 5.97 Å². The van der Waals surface area contributed by atoms with Gasteiger partial charge in [-0.2, -0.15) is 0 Å². The third kappa shape index (κ3) is 6.90. The molecule has 0 unspecified atom stereocenters. The molecule has 0 aliphatic rings. The molecule has 0 aromatic heterocycles. The Hall–Kier alpha value is -1.10. The van der Waals surface area contributed by atoms with Crippen LogP contribution in [0.4, 0.5) is 0 Å². The van der Waals surface area contributed by atoms with Crippen LogP contribution in [-0.4, -0.2) is 35.2 Å². The SMILES string of the molecule is CC(C)(C)C[C@H](CO)C(=O)NCC(=O)O. The molecular formula is C10H19NO4. The molecule has 1 atom stereocenters. The van der Waals surface area contributed by atoms with Crippen LogP contribution in [0.5, 0.6) is 0 Å². The lowest BCUT2D eigenvalue weighted by Gasteiger charge is -2.23. The minimum atomic E-state index is -1.09. The highest BCUT2D eigenvalue weighted by Gasteiger charge is 2.24. The van der Waals surface area contributed by atoms with Crippen LogP contribution in [0.1, 0.15) is 27.2 Å². The number of carboxylic acid groups (broad SMARTS) is 1. The van der Waals surface area contributed by atoms with Gasteiger partial charge in [0.1, 0.15) is 6.54 Å². The molecule has 1 amide bonds. The zero-order valence-electron chi connectivity index (χ0n) is 9.41. The molecule has 88 valence electrons. The van der Waals surface area contributed by atoms with Crippen molar-refractivity contribution in [2.45, 2.75) is 27.2 Å². The third-order valence-corrected chi connectivity index (χ3v) is 1.86. The molecule has 5 heteroatoms. The molecular weight excluding hydrogens is 198 g/mol. The Morgan fingerprint density at radius 1 is 1.33 bits per heavy atom. The van der Waals surface area contributed by atoms with Crippen LogP contribution < -0.4 is 5.32 Å². The summed E-state index contributed by atoms with van der Waals surface area (Å²) < 4.78 is 0. The second-order valence-electron chi connectivity index (χ2n) is 4.76. The fourth-order valence-corrected chi connectivity index (χ4v) is 1.29. The first-order valence-electron chi connectivity index (χ1n) is 4.86. The Bertz CT molecular complexity index is 232. The molecule has 0 saturated carbocycles. The highest BCUT2D eigenvalue weighted by atomic mass is 16.4. The predicted octanol–water partition coefficient (Wildman–Crippen LogP) is 0.232. The van der Waals surface area contributed by atoms with Crippen LogP contribution in [0.2, 0.25) is 0 Å². The van der Waals surface area contributed by atoms with Gasteiger partial charge in [-0.05, 0) is 11.8 Å². The quantitative estimate of drug-likeness (QED) is 0.615. The van der Waals surface area contributed by atoms with Gasteiger partial charge in [-0.3, -0.25) is 9.59 Å². The van der Waals surface area contributed by atoms with Crippen LogP contribution >= 0.6 is 0 Å². The van der Waals surface area contributed by atoms with Gasteiger partial charge in [0.05, 0.1) is 12.5 Å². The van der Waals surface area contributed by atoms with Crippen molar-refractivity contribution in [2.75, 3.05) is 13.2 Å². The first-order chi connectivity index (χ1) is 6.76. The minimum absolute atomic E-state index is 0.0754. The van der Waals surface area contributed by atoms with Gasteiger partial charge in [0.15, 0.2) is 0 Å². The molecule has 0 aromatic rings. The molecule has 0 bridgehead atoms. The Kier molecular flexibility index (Phi) is 5.28. The van der Waals surface area contributed by atoms with Gasteiger partial charge in [-0.25, -0.2) is 0 Å². The summed E-state index contributed by atoms with van der Waals surface area (Å²) in [6.45, 7) is 5.21. The van der Waals surface area contributed by atoms with Gasteiger partial charge in [-0.1, -0.05) is 20.8 Å². The molecule has 0 rings (SSSR count). The van der Waals surface area contributed by atoms with E-state index in [-0.39, 0.29) is 12.0 Å². The van der Waals surface area contributed by atoms with Crippen molar-refractivity contribution < 1.29 is 19.8 Å². The molecule has 5 nitrogen and oxygen atoms in total. The molecule has 15 heavy (non-hydrogen) atoms. The zero-order chi connectivity index (χ0) is 12.1. The van der Waals surface area contributed by atoms with Crippen molar-refractivity contribution in [1.82, 2.24) is 5.32 Å². The Labute approximate surface area is 89.5 Å². The van der Waals surface area contributed by atoms with E-state index < -0.39 is 24.3 Å². The third-order valence-electron chi connectivity index (χ3n) is 1.86. The van der Waals surface area contributed by atoms with E-state index in [0.29, 0.717) is 6.42 Å². The molecule has 0 radical (unpaired) electrons. The number of carbonyl (C=O) groups is 2. The number of rotatable bonds is 5. The Balaban J connectivity index is 4.17. The highest BCUT2D eigenvalue weighted by molar-refractivity contribution is 5.82. The number of aliphatic hydroxyl groups excluding tert-OH is 1. The molecule has 0 aliphatic heterocycles. The maximum absolute atomic E-state index is 11.4. The van der Waals surface area contributed by atoms with Gasteiger partial charge in [0.25, 0.3) is 0 Å². The number of aliphatic hydroxyl groups is 1. The second-order valence-corrected chi connectivity index (χ2v) is 4.76. The number of carboxylic acids is 1. The highest BCUT2D eigenvalue weighted by Crippen LogP contribution is 2.24. The average Bonchev–Trinajstić information content (AvgIpc) is 2.08. The van der Waals surface area contributed by atoms with E-state index in [1.165, 1.54) is 0 Å². The van der Waals surface area contributed by atoms with E-state index >= 15 is 0 Å². The smallest absolute Gasteiger partial charge is 0.322 e. The van der Waals surface area contributed by atoms with Gasteiger partial charge in [0, 0.05) is 0 Å². The topological polar surface area (TPSA) is 86.6 Å². The van der Waals surface area contributed by atoms with Crippen molar-refractivity contribution in [3.05, 3.63) is 0 Å². The van der Waals surface area contributed by atoms with E-state index in [0.717, 1.165) is 0 Å². The van der Waals surface area contributed by atoms with Crippen molar-refractivity contribution >= 4 is 11.9 Å². The fraction of sp³-hybridized carbons (Fsp3) is 0.800. The number of nitrogens with one attached hydrogen (secondary N) is 1. The lowest BCUT2D eigenvalue weighted by Crippen LogP contribution is -2.37. The summed E-state index contributed by atoms with van der Waals surface area (Å²) in [7, 11) is 0. The van der Waals surface area contributed by atoms with Crippen LogP contribution in [0.3, 0.4) is 0 Å². The summed E-state index contributed by atoms with van der Waals surface area (Å²) in [5.41, 5.74) is -0.0754. The maximum Gasteiger partial charge on any atom is 0.322 e. The Morgan fingerprint density at radius 3 is 2.20 bits per heavy atom. The van der Waals surface area contributed by atoms with Crippen molar-refractivity contribution in [3.63, 3.8) is 0 Å². The van der Waals surface area contributed by atoms with E-state index in [9.17, 15) is 9.59 Å². The van der Waals surface area contributed by atoms with Gasteiger partial charge in [0.2, 0.25) is 5.91 Å². The fourth-order valence-electron chi connectivity index (χ4n) is 1.29. The number of aliphatic carboxylic acids is 1. The lowest BCUT2D eigenvalue weighted by molar-refractivity contribution is -0.139. The van der Waals surface area contributed by atoms with Gasteiger partial charge < -0.3 is 15.5 Å². The monoisotopic (exact) mass is 217 g/mol. The summed E-state index contributed by atoms with van der Waals surface area (Å²) in [4.78, 5) is 21.6. The molecule has 0 aromatic carbocycles. The van der Waals surface area contributed by atoms with E-state index in [2.05, 4.69) is 5.32 Å². The summed E-state index contributed by atoms with van der Waals surface area (Å²) in [6.07, 6.45) is 0.523. The summed E-state index contributed by atoms with van der Waals surface area (Å²) in [6, 6.07) is 0. The van der Waals surface area contributed by atoms with Crippen LogP contribution in [0.15, 0.2) is 0 Å². The standard InChI is InChI=1S/C10H19NO4/c1-10(2,3)4-7(6-12)9(15)11-5-8(13)14/h7,12H,4-6H2,1-3H3,(H,11,15)(H,13,14)/t7-/m1/s1. The first kappa shape index (κ1) is 13.9. The lowest BCUT2D eigenvalue weighted by atomic mass is 9.84. The van der Waals surface area contributed by atoms with Crippen LogP contribution in [0, 0.1) is 11.3 Å². The normalized spacial score (nSPS) is 13.3. The van der Waals surface area contributed by atoms with Crippen molar-refractivity contribution in [3.8, 4) is 0 Å². The van der Waals surface area contributed by atoms with Gasteiger partial charge in [-0.15, -0.1) is 0 Å². The summed E-state index contributed by atoms with van der Waals surface area (Å²) in [5, 5.41) is 19.6. The molecule has 0 heterocycles. The number of amides is 1. The van der Waals surface area contributed by atoms with Crippen molar-refractivity contribution in [1.29, 1.82) is 0 Å². The molecule has 0 fully saturated rings. The van der Waals surface area contributed by atoms with E-state index in [1.54, 1.807) is 0 Å². The van der Waals surface area contributed by atoms with E-state index in [1.807, 2.05) is 20.8 Å². The maximum atomic E-state index is 11.4. The number of hydrogen-bond acceptors (Lipinski definition) is 3. The number of carbonyl (C=O) groups excluding carboxylic acids is 1. The summed E-state index contributed by atoms with van der Waals surface area (Å²) >= 11 is 0. The molecule has 3 N–H and O–H groups in total. The second kappa shape index (κ2) is 5.70. The Morgan fingerprint density at radius 2 is 1.87 bits per heavy atom. The van der Waals surface area contributed by atoms with Crippen LogP contribution in [-0.2, 0) is 9.59 Å². The first-order valence-corrected chi connectivity index (χ1v) is 4.86. The molecule has 0 spiro atoms. The molecule has 0 saturated heterocycles. The van der Waals surface area contributed by atoms with Crippen molar-refractivity contribution in [2.24, 2.45) is 11.3 Å². The van der Waals surface area contributed by atoms with E-state index in [4.69, 9.17) is 10.2 Å². The zero-order valence-corrected chi connectivity index (χ0v) is 9.41. The minimum Gasteiger partial charge on any atom is -0.480 e. The molecule has 0 aliphatic carbocycles. The largest absolute Gasteiger partial charge is 0.480 e. The predicted molar refractivity (Wildman–Crippen MR) is 55.3 cm³/mol. The average molecular weight is 217 g/mol. The number of hydrogen-bond donors (Lipinski definition) is 3. The van der Waals surface area contributed by atoms with Crippen LogP contribution in [0.25, 0.3) is 0 Å².